The topological polar surface area (TPSA) is 73.7 Å². The van der Waals surface area contributed by atoms with E-state index in [4.69, 9.17) is 14.1 Å². The van der Waals surface area contributed by atoms with Gasteiger partial charge in [0.2, 0.25) is 0 Å². The lowest BCUT2D eigenvalue weighted by atomic mass is 9.82. The Balaban J connectivity index is 1.91. The number of hydrogen-bond acceptors (Lipinski definition) is 6. The van der Waals surface area contributed by atoms with E-state index in [1.807, 2.05) is 19.1 Å². The van der Waals surface area contributed by atoms with Crippen molar-refractivity contribution in [2.24, 2.45) is 0 Å². The highest BCUT2D eigenvalue weighted by Crippen LogP contribution is 2.32. The normalized spacial score (nSPS) is 13.5. The minimum atomic E-state index is -0.777. The van der Waals surface area contributed by atoms with E-state index in [0.29, 0.717) is 24.6 Å². The number of nitrogens with zero attached hydrogens (tertiary/aromatic N) is 2. The molecule has 7 heteroatoms. The smallest absolute Gasteiger partial charge is 0.526 e. The van der Waals surface area contributed by atoms with Crippen LogP contribution in [0.25, 0.3) is 16.7 Å². The van der Waals surface area contributed by atoms with Gasteiger partial charge >= 0.3 is 7.12 Å². The number of ether oxygens (including phenoxy) is 2. The molecular formula is C17H19BN2O4. The lowest BCUT2D eigenvalue weighted by Gasteiger charge is -2.11. The third-order valence-electron chi connectivity index (χ3n) is 3.68. The van der Waals surface area contributed by atoms with E-state index in [1.165, 1.54) is 0 Å². The van der Waals surface area contributed by atoms with Crippen molar-refractivity contribution in [2.45, 2.75) is 19.7 Å². The zero-order chi connectivity index (χ0) is 16.9. The molecule has 2 aromatic heterocycles. The lowest BCUT2D eigenvalue weighted by Crippen LogP contribution is -2.08. The Kier molecular flexibility index (Phi) is 5.00. The predicted octanol–water partition coefficient (Wildman–Crippen LogP) is 2.79. The molecule has 6 nitrogen and oxygen atoms in total. The first kappa shape index (κ1) is 16.3. The molecule has 0 unspecified atom stereocenters. The van der Waals surface area contributed by atoms with Crippen LogP contribution in [0.2, 0.25) is 6.32 Å². The van der Waals surface area contributed by atoms with Crippen molar-refractivity contribution in [1.29, 1.82) is 0 Å². The molecule has 24 heavy (non-hydrogen) atoms. The van der Waals surface area contributed by atoms with Gasteiger partial charge in [0.1, 0.15) is 0 Å². The molecule has 0 aromatic carbocycles. The van der Waals surface area contributed by atoms with Gasteiger partial charge in [0, 0.05) is 36.0 Å². The summed E-state index contributed by atoms with van der Waals surface area (Å²) in [5.74, 6) is 1.08. The molecule has 2 aromatic rings. The highest BCUT2D eigenvalue weighted by Gasteiger charge is 2.24. The molecule has 124 valence electrons. The molecular weight excluding hydrogens is 307 g/mol. The number of methoxy groups -OCH3 is 1. The van der Waals surface area contributed by atoms with Crippen LogP contribution in [-0.4, -0.2) is 35.8 Å². The first-order valence-corrected chi connectivity index (χ1v) is 7.86. The fourth-order valence-electron chi connectivity index (χ4n) is 2.46. The first-order chi connectivity index (χ1) is 11.7. The molecule has 0 amide bonds. The van der Waals surface area contributed by atoms with Gasteiger partial charge in [-0.3, -0.25) is 4.98 Å². The van der Waals surface area contributed by atoms with Gasteiger partial charge in [-0.15, -0.1) is 0 Å². The van der Waals surface area contributed by atoms with Crippen molar-refractivity contribution in [3.05, 3.63) is 42.5 Å². The Bertz CT molecular complexity index is 751. The molecule has 0 bridgehead atoms. The predicted molar refractivity (Wildman–Crippen MR) is 91.6 cm³/mol. The minimum absolute atomic E-state index is 0.455. The lowest BCUT2D eigenvalue weighted by molar-refractivity contribution is 0.289. The molecule has 3 rings (SSSR count). The molecule has 1 aliphatic rings. The minimum Gasteiger partial charge on any atom is -0.542 e. The Morgan fingerprint density at radius 3 is 2.71 bits per heavy atom. The van der Waals surface area contributed by atoms with Crippen LogP contribution in [-0.2, 0) is 4.65 Å². The number of rotatable bonds is 6. The van der Waals surface area contributed by atoms with E-state index >= 15 is 0 Å². The second-order valence-corrected chi connectivity index (χ2v) is 5.48. The van der Waals surface area contributed by atoms with Gasteiger partial charge in [-0.1, -0.05) is 6.92 Å². The number of pyridine rings is 2. The number of hydrogen-bond donors (Lipinski definition) is 1. The van der Waals surface area contributed by atoms with Crippen molar-refractivity contribution >= 4 is 12.7 Å². The van der Waals surface area contributed by atoms with Gasteiger partial charge in [0.25, 0.3) is 5.88 Å². The Hall–Kier alpha value is -2.54. The summed E-state index contributed by atoms with van der Waals surface area (Å²) in [5.41, 5.74) is 3.62. The van der Waals surface area contributed by atoms with Crippen LogP contribution < -0.4 is 9.47 Å². The number of allylic oxidation sites excluding steroid dienone is 1. The van der Waals surface area contributed by atoms with Gasteiger partial charge in [0.15, 0.2) is 5.75 Å². The third kappa shape index (κ3) is 3.51. The first-order valence-electron chi connectivity index (χ1n) is 7.86. The summed E-state index contributed by atoms with van der Waals surface area (Å²) < 4.78 is 16.0. The van der Waals surface area contributed by atoms with E-state index in [0.717, 1.165) is 28.7 Å². The Morgan fingerprint density at radius 2 is 2.00 bits per heavy atom. The molecule has 1 aliphatic heterocycles. The number of aromatic nitrogens is 2. The quantitative estimate of drug-likeness (QED) is 0.823. The Morgan fingerprint density at radius 1 is 1.21 bits per heavy atom. The van der Waals surface area contributed by atoms with Gasteiger partial charge in [0.05, 0.1) is 20.0 Å². The summed E-state index contributed by atoms with van der Waals surface area (Å²) in [5, 5.41) is 9.49. The van der Waals surface area contributed by atoms with Crippen molar-refractivity contribution in [3.8, 4) is 22.8 Å². The van der Waals surface area contributed by atoms with Crippen LogP contribution in [0.1, 0.15) is 18.9 Å². The van der Waals surface area contributed by atoms with Gasteiger partial charge < -0.3 is 19.2 Å². The standard InChI is InChI=1S/C17H19BN2O4/c1-3-4-23-16-6-14(10-20-17(16)22-2)12-5-13(9-19-8-12)15-7-18(21)24-11-15/h5-6,8-11,21H,3-4,7H2,1-2H3. The highest BCUT2D eigenvalue weighted by molar-refractivity contribution is 6.47. The van der Waals surface area contributed by atoms with Crippen LogP contribution in [0.4, 0.5) is 0 Å². The van der Waals surface area contributed by atoms with Crippen molar-refractivity contribution in [3.63, 3.8) is 0 Å². The second-order valence-electron chi connectivity index (χ2n) is 5.48. The molecule has 0 saturated carbocycles. The third-order valence-corrected chi connectivity index (χ3v) is 3.68. The molecule has 1 N–H and O–H groups in total. The van der Waals surface area contributed by atoms with E-state index < -0.39 is 7.12 Å². The van der Waals surface area contributed by atoms with Crippen LogP contribution in [0.15, 0.2) is 37.0 Å². The summed E-state index contributed by atoms with van der Waals surface area (Å²) in [6.07, 6.45) is 8.18. The molecule has 0 aliphatic carbocycles. The second kappa shape index (κ2) is 7.36. The fraction of sp³-hybridized carbons (Fsp3) is 0.294. The van der Waals surface area contributed by atoms with E-state index in [-0.39, 0.29) is 0 Å². The average molecular weight is 326 g/mol. The molecule has 0 spiro atoms. The van der Waals surface area contributed by atoms with Gasteiger partial charge in [-0.05, 0) is 29.7 Å². The SMILES string of the molecule is CCCOc1cc(-c2cncc(C3=COB(O)C3)c2)cnc1OC. The highest BCUT2D eigenvalue weighted by atomic mass is 16.5. The zero-order valence-corrected chi connectivity index (χ0v) is 13.7. The van der Waals surface area contributed by atoms with Gasteiger partial charge in [-0.2, -0.15) is 0 Å². The molecule has 0 atom stereocenters. The van der Waals surface area contributed by atoms with Crippen molar-refractivity contribution in [2.75, 3.05) is 13.7 Å². The largest absolute Gasteiger partial charge is 0.542 e. The summed E-state index contributed by atoms with van der Waals surface area (Å²) in [6.45, 7) is 2.64. The van der Waals surface area contributed by atoms with E-state index in [9.17, 15) is 5.02 Å². The van der Waals surface area contributed by atoms with E-state index in [2.05, 4.69) is 9.97 Å². The van der Waals surface area contributed by atoms with Crippen LogP contribution in [0, 0.1) is 0 Å². The molecule has 0 saturated heterocycles. The summed E-state index contributed by atoms with van der Waals surface area (Å²) in [7, 11) is 0.793. The maximum Gasteiger partial charge on any atom is 0.526 e. The van der Waals surface area contributed by atoms with E-state index in [1.54, 1.807) is 32.0 Å². The van der Waals surface area contributed by atoms with Crippen molar-refractivity contribution < 1.29 is 19.2 Å². The fourth-order valence-corrected chi connectivity index (χ4v) is 2.46. The van der Waals surface area contributed by atoms with Crippen LogP contribution >= 0.6 is 0 Å². The summed E-state index contributed by atoms with van der Waals surface area (Å²) in [6, 6.07) is 3.89. The molecule has 0 fully saturated rings. The summed E-state index contributed by atoms with van der Waals surface area (Å²) in [4.78, 5) is 8.60. The average Bonchev–Trinajstić information content (AvgIpc) is 3.06. The van der Waals surface area contributed by atoms with Crippen molar-refractivity contribution in [1.82, 2.24) is 9.97 Å². The summed E-state index contributed by atoms with van der Waals surface area (Å²) >= 11 is 0. The van der Waals surface area contributed by atoms with Gasteiger partial charge in [-0.25, -0.2) is 4.98 Å². The Labute approximate surface area is 141 Å². The van der Waals surface area contributed by atoms with Crippen LogP contribution in [0.3, 0.4) is 0 Å². The van der Waals surface area contributed by atoms with Crippen LogP contribution in [0.5, 0.6) is 11.6 Å². The maximum atomic E-state index is 9.49. The molecule has 3 heterocycles. The monoisotopic (exact) mass is 326 g/mol. The zero-order valence-electron chi connectivity index (χ0n) is 13.7. The maximum absolute atomic E-state index is 9.49. The molecule has 0 radical (unpaired) electrons.